The number of hydrogen-bond acceptors (Lipinski definition) is 2. The van der Waals surface area contributed by atoms with Gasteiger partial charge in [-0.25, -0.2) is 0 Å². The third-order valence-electron chi connectivity index (χ3n) is 2.32. The molecule has 0 saturated carbocycles. The summed E-state index contributed by atoms with van der Waals surface area (Å²) >= 11 is 0. The van der Waals surface area contributed by atoms with Gasteiger partial charge >= 0.3 is 0 Å². The average molecular weight is 211 g/mol. The maximum Gasteiger partial charge on any atom is 0.106 e. The van der Waals surface area contributed by atoms with Crippen molar-refractivity contribution in [1.82, 2.24) is 0 Å². The van der Waals surface area contributed by atoms with Gasteiger partial charge in [0.2, 0.25) is 0 Å². The van der Waals surface area contributed by atoms with Crippen molar-refractivity contribution in [3.63, 3.8) is 0 Å². The first-order valence-electron chi connectivity index (χ1n) is 5.12. The van der Waals surface area contributed by atoms with Crippen LogP contribution in [0.4, 0.5) is 0 Å². The zero-order valence-corrected chi connectivity index (χ0v) is 9.13. The fourth-order valence-electron chi connectivity index (χ4n) is 1.51. The maximum atomic E-state index is 4.63. The van der Waals surface area contributed by atoms with Crippen LogP contribution in [0.2, 0.25) is 0 Å². The fourth-order valence-corrected chi connectivity index (χ4v) is 1.51. The summed E-state index contributed by atoms with van der Waals surface area (Å²) in [6.45, 7) is 0. The maximum absolute atomic E-state index is 4.63. The Bertz CT molecular complexity index is 460. The Kier molecular flexibility index (Phi) is 3.34. The van der Waals surface area contributed by atoms with Crippen LogP contribution in [0.3, 0.4) is 0 Å². The molecule has 0 heterocycles. The first-order chi connectivity index (χ1) is 7.90. The normalized spacial score (nSPS) is 10.6. The van der Waals surface area contributed by atoms with E-state index < -0.39 is 0 Å². The first-order valence-corrected chi connectivity index (χ1v) is 5.12. The molecule has 16 heavy (non-hydrogen) atoms. The molecule has 0 radical (unpaired) electrons. The summed E-state index contributed by atoms with van der Waals surface area (Å²) in [6, 6.07) is 18.5. The van der Waals surface area contributed by atoms with E-state index in [-0.39, 0.29) is 0 Å². The Hall–Kier alpha value is -2.09. The first kappa shape index (κ1) is 10.4. The highest BCUT2D eigenvalue weighted by molar-refractivity contribution is 5.80. The summed E-state index contributed by atoms with van der Waals surface area (Å²) in [5, 5.41) is 3.72. The van der Waals surface area contributed by atoms with E-state index in [4.69, 9.17) is 0 Å². The minimum absolute atomic E-state index is 1.03. The Morgan fingerprint density at radius 1 is 0.875 bits per heavy atom. The van der Waals surface area contributed by atoms with Gasteiger partial charge in [0, 0.05) is 0 Å². The molecule has 0 amide bonds. The van der Waals surface area contributed by atoms with Crippen LogP contribution in [-0.4, -0.2) is 13.3 Å². The van der Waals surface area contributed by atoms with Crippen LogP contribution in [-0.2, 0) is 4.84 Å². The molecule has 0 spiro atoms. The van der Waals surface area contributed by atoms with Crippen LogP contribution >= 0.6 is 0 Å². The molecule has 2 rings (SSSR count). The van der Waals surface area contributed by atoms with Crippen molar-refractivity contribution in [1.29, 1.82) is 0 Å². The number of rotatable bonds is 3. The smallest absolute Gasteiger partial charge is 0.106 e. The highest BCUT2D eigenvalue weighted by atomic mass is 16.6. The SMILES string of the molecule is CO/N=C/c1ccc(-c2ccccc2)cc1. The Morgan fingerprint density at radius 2 is 1.50 bits per heavy atom. The molecule has 0 aliphatic carbocycles. The van der Waals surface area contributed by atoms with E-state index in [2.05, 4.69) is 34.3 Å². The molecule has 2 aromatic rings. The second-order valence-electron chi connectivity index (χ2n) is 3.41. The highest BCUT2D eigenvalue weighted by Gasteiger charge is 1.95. The zero-order valence-electron chi connectivity index (χ0n) is 9.13. The lowest BCUT2D eigenvalue weighted by Gasteiger charge is -2.01. The van der Waals surface area contributed by atoms with Gasteiger partial charge in [-0.15, -0.1) is 0 Å². The van der Waals surface area contributed by atoms with Crippen molar-refractivity contribution >= 4 is 6.21 Å². The summed E-state index contributed by atoms with van der Waals surface area (Å²) in [5.41, 5.74) is 3.45. The minimum Gasteiger partial charge on any atom is -0.399 e. The van der Waals surface area contributed by atoms with E-state index in [0.29, 0.717) is 0 Å². The molecular weight excluding hydrogens is 198 g/mol. The lowest BCUT2D eigenvalue weighted by Crippen LogP contribution is -1.82. The van der Waals surface area contributed by atoms with Gasteiger partial charge in [-0.1, -0.05) is 59.8 Å². The van der Waals surface area contributed by atoms with Gasteiger partial charge in [-0.05, 0) is 16.7 Å². The quantitative estimate of drug-likeness (QED) is 0.563. The summed E-state index contributed by atoms with van der Waals surface area (Å²) in [6.07, 6.45) is 1.69. The molecule has 0 fully saturated rings. The Balaban J connectivity index is 2.23. The van der Waals surface area contributed by atoms with Crippen LogP contribution in [0, 0.1) is 0 Å². The van der Waals surface area contributed by atoms with Gasteiger partial charge in [0.05, 0.1) is 6.21 Å². The van der Waals surface area contributed by atoms with E-state index in [1.54, 1.807) is 6.21 Å². The molecule has 0 N–H and O–H groups in total. The van der Waals surface area contributed by atoms with Crippen LogP contribution in [0.25, 0.3) is 11.1 Å². The van der Waals surface area contributed by atoms with Gasteiger partial charge in [-0.2, -0.15) is 0 Å². The van der Waals surface area contributed by atoms with Crippen molar-refractivity contribution in [3.8, 4) is 11.1 Å². The van der Waals surface area contributed by atoms with E-state index in [1.165, 1.54) is 18.2 Å². The standard InChI is InChI=1S/C14H13NO/c1-16-15-11-12-7-9-14(10-8-12)13-5-3-2-4-6-13/h2-11H,1H3/b15-11+. The second kappa shape index (κ2) is 5.12. The van der Waals surface area contributed by atoms with Crippen molar-refractivity contribution in [3.05, 3.63) is 60.2 Å². The van der Waals surface area contributed by atoms with E-state index >= 15 is 0 Å². The molecule has 80 valence electrons. The molecule has 2 heteroatoms. The molecule has 2 aromatic carbocycles. The molecule has 0 aliphatic rings. The highest BCUT2D eigenvalue weighted by Crippen LogP contribution is 2.18. The lowest BCUT2D eigenvalue weighted by atomic mass is 10.0. The van der Waals surface area contributed by atoms with Crippen molar-refractivity contribution in [2.45, 2.75) is 0 Å². The molecule has 0 saturated heterocycles. The minimum atomic E-state index is 1.03. The summed E-state index contributed by atoms with van der Waals surface area (Å²) < 4.78 is 0. The zero-order chi connectivity index (χ0) is 11.2. The summed E-state index contributed by atoms with van der Waals surface area (Å²) in [7, 11) is 1.54. The third kappa shape index (κ3) is 2.48. The predicted octanol–water partition coefficient (Wildman–Crippen LogP) is 3.33. The molecule has 0 bridgehead atoms. The van der Waals surface area contributed by atoms with Gasteiger partial charge in [0.1, 0.15) is 7.11 Å². The molecule has 0 aromatic heterocycles. The van der Waals surface area contributed by atoms with E-state index in [1.807, 2.05) is 30.3 Å². The number of oxime groups is 1. The summed E-state index contributed by atoms with van der Waals surface area (Å²) in [4.78, 5) is 4.63. The average Bonchev–Trinajstić information content (AvgIpc) is 2.38. The molecule has 0 aliphatic heterocycles. The van der Waals surface area contributed by atoms with Crippen molar-refractivity contribution < 1.29 is 4.84 Å². The molecule has 0 unspecified atom stereocenters. The summed E-state index contributed by atoms with van der Waals surface area (Å²) in [5.74, 6) is 0. The predicted molar refractivity (Wildman–Crippen MR) is 66.5 cm³/mol. The van der Waals surface area contributed by atoms with Crippen molar-refractivity contribution in [2.24, 2.45) is 5.16 Å². The molecular formula is C14H13NO. The number of benzene rings is 2. The van der Waals surface area contributed by atoms with Gasteiger partial charge in [0.15, 0.2) is 0 Å². The van der Waals surface area contributed by atoms with Gasteiger partial charge in [-0.3, -0.25) is 0 Å². The van der Waals surface area contributed by atoms with Crippen LogP contribution in [0.1, 0.15) is 5.56 Å². The molecule has 0 atom stereocenters. The second-order valence-corrected chi connectivity index (χ2v) is 3.41. The largest absolute Gasteiger partial charge is 0.399 e. The lowest BCUT2D eigenvalue weighted by molar-refractivity contribution is 0.215. The van der Waals surface area contributed by atoms with Crippen molar-refractivity contribution in [2.75, 3.05) is 7.11 Å². The number of nitrogens with zero attached hydrogens (tertiary/aromatic N) is 1. The Labute approximate surface area is 95.2 Å². The monoisotopic (exact) mass is 211 g/mol. The third-order valence-corrected chi connectivity index (χ3v) is 2.32. The van der Waals surface area contributed by atoms with Gasteiger partial charge < -0.3 is 4.84 Å². The topological polar surface area (TPSA) is 21.6 Å². The number of hydrogen-bond donors (Lipinski definition) is 0. The van der Waals surface area contributed by atoms with Crippen LogP contribution < -0.4 is 0 Å². The van der Waals surface area contributed by atoms with E-state index in [0.717, 1.165) is 5.56 Å². The Morgan fingerprint density at radius 3 is 2.12 bits per heavy atom. The molecule has 2 nitrogen and oxygen atoms in total. The van der Waals surface area contributed by atoms with Gasteiger partial charge in [0.25, 0.3) is 0 Å². The fraction of sp³-hybridized carbons (Fsp3) is 0.0714. The van der Waals surface area contributed by atoms with Crippen LogP contribution in [0.5, 0.6) is 0 Å². The van der Waals surface area contributed by atoms with E-state index in [9.17, 15) is 0 Å². The van der Waals surface area contributed by atoms with Crippen LogP contribution in [0.15, 0.2) is 59.8 Å².